The Kier molecular flexibility index (Phi) is 5.17. The van der Waals surface area contributed by atoms with Gasteiger partial charge in [-0.1, -0.05) is 30.3 Å². The first-order valence-electron chi connectivity index (χ1n) is 10.2. The second kappa shape index (κ2) is 8.13. The maximum absolute atomic E-state index is 13.6. The number of ether oxygens (including phenoxy) is 1. The maximum Gasteiger partial charge on any atom is 0.236 e. The van der Waals surface area contributed by atoms with Gasteiger partial charge < -0.3 is 14.5 Å². The van der Waals surface area contributed by atoms with E-state index in [2.05, 4.69) is 15.4 Å². The molecule has 0 unspecified atom stereocenters. The molecular formula is C23H22N4O3S. The molecule has 1 aromatic carbocycles. The fourth-order valence-electron chi connectivity index (χ4n) is 3.99. The summed E-state index contributed by atoms with van der Waals surface area (Å²) in [6.45, 7) is 3.01. The molecule has 4 heterocycles. The summed E-state index contributed by atoms with van der Waals surface area (Å²) in [6.07, 6.45) is 2.89. The van der Waals surface area contributed by atoms with Crippen molar-refractivity contribution in [2.24, 2.45) is 0 Å². The van der Waals surface area contributed by atoms with Crippen molar-refractivity contribution in [3.05, 3.63) is 71.4 Å². The van der Waals surface area contributed by atoms with Crippen LogP contribution in [0.3, 0.4) is 0 Å². The minimum Gasteiger partial charge on any atom is -0.463 e. The Hall–Kier alpha value is -3.23. The molecule has 3 aromatic heterocycles. The topological polar surface area (TPSA) is 82.2 Å². The lowest BCUT2D eigenvalue weighted by molar-refractivity contribution is -0.125. The number of carbonyl (C=O) groups is 1. The third-order valence-electron chi connectivity index (χ3n) is 5.63. The highest BCUT2D eigenvalue weighted by atomic mass is 32.1. The number of furan rings is 1. The van der Waals surface area contributed by atoms with Crippen LogP contribution in [0, 0.1) is 6.92 Å². The number of rotatable bonds is 5. The molecule has 1 aliphatic heterocycles. The van der Waals surface area contributed by atoms with E-state index in [1.807, 2.05) is 60.8 Å². The molecule has 1 amide bonds. The number of aromatic nitrogens is 3. The van der Waals surface area contributed by atoms with Crippen molar-refractivity contribution in [2.45, 2.75) is 25.2 Å². The van der Waals surface area contributed by atoms with Crippen molar-refractivity contribution < 1.29 is 13.9 Å². The lowest BCUT2D eigenvalue weighted by Gasteiger charge is -2.36. The first-order valence-corrected chi connectivity index (χ1v) is 11.0. The van der Waals surface area contributed by atoms with Gasteiger partial charge in [0.1, 0.15) is 11.5 Å². The standard InChI is InChI=1S/C23H22N4O3S/c1-16-14-20(27(26-16)22-24-18(15-31-22)19-8-5-11-30-19)25-21(28)23(9-12-29-13-10-23)17-6-3-2-4-7-17/h2-8,11,14-15H,9-10,12-13H2,1H3,(H,25,28). The number of thiazole rings is 1. The smallest absolute Gasteiger partial charge is 0.236 e. The Morgan fingerprint density at radius 2 is 1.97 bits per heavy atom. The predicted molar refractivity (Wildman–Crippen MR) is 118 cm³/mol. The SMILES string of the molecule is Cc1cc(NC(=O)C2(c3ccccc3)CCOCC2)n(-c2nc(-c3ccco3)cs2)n1. The van der Waals surface area contributed by atoms with Gasteiger partial charge in [-0.15, -0.1) is 11.3 Å². The number of anilines is 1. The van der Waals surface area contributed by atoms with Gasteiger partial charge in [-0.25, -0.2) is 4.98 Å². The molecule has 31 heavy (non-hydrogen) atoms. The average molecular weight is 435 g/mol. The molecule has 1 N–H and O–H groups in total. The van der Waals surface area contributed by atoms with Crippen LogP contribution in [0.25, 0.3) is 16.6 Å². The highest BCUT2D eigenvalue weighted by Gasteiger charge is 2.42. The van der Waals surface area contributed by atoms with E-state index in [4.69, 9.17) is 9.15 Å². The quantitative estimate of drug-likeness (QED) is 0.497. The van der Waals surface area contributed by atoms with Gasteiger partial charge >= 0.3 is 0 Å². The number of nitrogens with zero attached hydrogens (tertiary/aromatic N) is 3. The molecule has 1 aliphatic rings. The van der Waals surface area contributed by atoms with Gasteiger partial charge in [0.05, 0.1) is 17.4 Å². The van der Waals surface area contributed by atoms with Gasteiger partial charge in [-0.2, -0.15) is 9.78 Å². The summed E-state index contributed by atoms with van der Waals surface area (Å²) < 4.78 is 12.7. The van der Waals surface area contributed by atoms with Gasteiger partial charge in [-0.05, 0) is 37.5 Å². The molecule has 0 radical (unpaired) electrons. The van der Waals surface area contributed by atoms with Crippen LogP contribution in [-0.4, -0.2) is 33.9 Å². The van der Waals surface area contributed by atoms with Crippen LogP contribution in [0.4, 0.5) is 5.82 Å². The van der Waals surface area contributed by atoms with E-state index < -0.39 is 5.41 Å². The summed E-state index contributed by atoms with van der Waals surface area (Å²) in [7, 11) is 0. The predicted octanol–water partition coefficient (Wildman–Crippen LogP) is 4.58. The Morgan fingerprint density at radius 3 is 2.71 bits per heavy atom. The number of nitrogens with one attached hydrogen (secondary N) is 1. The van der Waals surface area contributed by atoms with Crippen LogP contribution in [0.15, 0.2) is 64.6 Å². The minimum atomic E-state index is -0.634. The van der Waals surface area contributed by atoms with Crippen LogP contribution in [0.2, 0.25) is 0 Å². The Balaban J connectivity index is 1.47. The number of aryl methyl sites for hydroxylation is 1. The highest BCUT2D eigenvalue weighted by Crippen LogP contribution is 2.36. The van der Waals surface area contributed by atoms with Crippen LogP contribution < -0.4 is 5.32 Å². The summed E-state index contributed by atoms with van der Waals surface area (Å²) >= 11 is 1.44. The zero-order valence-electron chi connectivity index (χ0n) is 17.1. The molecule has 0 aliphatic carbocycles. The maximum atomic E-state index is 13.6. The molecule has 4 aromatic rings. The molecular weight excluding hydrogens is 412 g/mol. The first kappa shape index (κ1) is 19.7. The number of hydrogen-bond acceptors (Lipinski definition) is 6. The molecule has 5 rings (SSSR count). The van der Waals surface area contributed by atoms with Crippen molar-refractivity contribution >= 4 is 23.1 Å². The summed E-state index contributed by atoms with van der Waals surface area (Å²) in [5.74, 6) is 1.25. The van der Waals surface area contributed by atoms with Crippen molar-refractivity contribution in [3.8, 4) is 16.6 Å². The van der Waals surface area contributed by atoms with Crippen molar-refractivity contribution in [2.75, 3.05) is 18.5 Å². The lowest BCUT2D eigenvalue weighted by atomic mass is 9.73. The zero-order chi connectivity index (χ0) is 21.3. The highest BCUT2D eigenvalue weighted by molar-refractivity contribution is 7.12. The fraction of sp³-hybridized carbons (Fsp3) is 0.261. The van der Waals surface area contributed by atoms with Gasteiger partial charge in [-0.3, -0.25) is 4.79 Å². The van der Waals surface area contributed by atoms with Crippen molar-refractivity contribution in [1.29, 1.82) is 0 Å². The number of benzene rings is 1. The van der Waals surface area contributed by atoms with E-state index in [-0.39, 0.29) is 5.91 Å². The molecule has 0 spiro atoms. The summed E-state index contributed by atoms with van der Waals surface area (Å²) in [4.78, 5) is 18.3. The van der Waals surface area contributed by atoms with E-state index in [0.29, 0.717) is 42.8 Å². The van der Waals surface area contributed by atoms with E-state index in [9.17, 15) is 4.79 Å². The summed E-state index contributed by atoms with van der Waals surface area (Å²) in [6, 6.07) is 15.5. The van der Waals surface area contributed by atoms with Crippen molar-refractivity contribution in [3.63, 3.8) is 0 Å². The van der Waals surface area contributed by atoms with Crippen molar-refractivity contribution in [1.82, 2.24) is 14.8 Å². The third-order valence-corrected chi connectivity index (χ3v) is 6.44. The molecule has 0 atom stereocenters. The number of carbonyl (C=O) groups excluding carboxylic acids is 1. The average Bonchev–Trinajstić information content (AvgIpc) is 3.55. The third kappa shape index (κ3) is 3.68. The van der Waals surface area contributed by atoms with E-state index in [1.54, 1.807) is 10.9 Å². The molecule has 0 saturated carbocycles. The fourth-order valence-corrected chi connectivity index (χ4v) is 4.77. The Bertz CT molecular complexity index is 1170. The zero-order valence-corrected chi connectivity index (χ0v) is 17.9. The molecule has 0 bridgehead atoms. The largest absolute Gasteiger partial charge is 0.463 e. The molecule has 158 valence electrons. The molecule has 1 fully saturated rings. The molecule has 7 nitrogen and oxygen atoms in total. The van der Waals surface area contributed by atoms with Crippen LogP contribution in [0.1, 0.15) is 24.1 Å². The second-order valence-electron chi connectivity index (χ2n) is 7.59. The minimum absolute atomic E-state index is 0.0500. The monoisotopic (exact) mass is 434 g/mol. The molecule has 8 heteroatoms. The summed E-state index contributed by atoms with van der Waals surface area (Å²) in [5, 5.41) is 10.3. The van der Waals surface area contributed by atoms with E-state index >= 15 is 0 Å². The van der Waals surface area contributed by atoms with Gasteiger partial charge in [0.15, 0.2) is 5.76 Å². The van der Waals surface area contributed by atoms with Gasteiger partial charge in [0.2, 0.25) is 11.0 Å². The Morgan fingerprint density at radius 1 is 1.16 bits per heavy atom. The molecule has 1 saturated heterocycles. The Labute approximate surface area is 183 Å². The number of hydrogen-bond donors (Lipinski definition) is 1. The van der Waals surface area contributed by atoms with Gasteiger partial charge in [0, 0.05) is 24.7 Å². The van der Waals surface area contributed by atoms with Gasteiger partial charge in [0.25, 0.3) is 0 Å². The first-order chi connectivity index (χ1) is 15.2. The van der Waals surface area contributed by atoms with E-state index in [0.717, 1.165) is 17.0 Å². The van der Waals surface area contributed by atoms with Crippen LogP contribution in [0.5, 0.6) is 0 Å². The number of amides is 1. The van der Waals surface area contributed by atoms with Crippen LogP contribution in [-0.2, 0) is 14.9 Å². The lowest BCUT2D eigenvalue weighted by Crippen LogP contribution is -2.45. The second-order valence-corrected chi connectivity index (χ2v) is 8.43. The normalized spacial score (nSPS) is 15.6. The van der Waals surface area contributed by atoms with E-state index in [1.165, 1.54) is 11.3 Å². The van der Waals surface area contributed by atoms with Crippen LogP contribution >= 0.6 is 11.3 Å². The summed E-state index contributed by atoms with van der Waals surface area (Å²) in [5.41, 5.74) is 1.91.